The first-order valence-electron chi connectivity index (χ1n) is 2.47. The Hall–Kier alpha value is -0.120. The molecule has 0 saturated carbocycles. The average molecular weight is 119 g/mol. The van der Waals surface area contributed by atoms with E-state index in [2.05, 4.69) is 11.8 Å². The fraction of sp³-hybridized carbons (Fsp3) is 0.800. The molecule has 0 rings (SSSR count). The normalized spacial score (nSPS) is 13.9. The number of aliphatic hydroxyl groups is 2. The molecule has 1 unspecified atom stereocenters. The molecule has 0 bridgehead atoms. The Kier molecular flexibility index (Phi) is 4.95. The zero-order chi connectivity index (χ0) is 6.41. The lowest BCUT2D eigenvalue weighted by atomic mass is 10.3. The standard InChI is InChI=1S/C5H11O3/c1-8-5(4-7)2-3-6/h5-7H,1-4H2. The van der Waals surface area contributed by atoms with Crippen molar-refractivity contribution < 1.29 is 14.9 Å². The molecule has 1 radical (unpaired) electrons. The number of aliphatic hydroxyl groups excluding tert-OH is 2. The summed E-state index contributed by atoms with van der Waals surface area (Å²) in [7, 11) is 3.10. The van der Waals surface area contributed by atoms with Gasteiger partial charge in [0.05, 0.1) is 19.8 Å². The van der Waals surface area contributed by atoms with Crippen molar-refractivity contribution in [2.24, 2.45) is 0 Å². The van der Waals surface area contributed by atoms with Gasteiger partial charge in [0.2, 0.25) is 0 Å². The Morgan fingerprint density at radius 1 is 1.50 bits per heavy atom. The SMILES string of the molecule is [CH2]OC(CO)CCO. The van der Waals surface area contributed by atoms with Gasteiger partial charge in [-0.3, -0.25) is 0 Å². The van der Waals surface area contributed by atoms with Gasteiger partial charge in [-0.05, 0) is 6.42 Å². The van der Waals surface area contributed by atoms with Gasteiger partial charge >= 0.3 is 0 Å². The average Bonchev–Trinajstić information content (AvgIpc) is 1.83. The fourth-order valence-corrected chi connectivity index (χ4v) is 0.371. The number of hydrogen-bond acceptors (Lipinski definition) is 3. The van der Waals surface area contributed by atoms with Crippen LogP contribution in [0.5, 0.6) is 0 Å². The van der Waals surface area contributed by atoms with Gasteiger partial charge in [0.15, 0.2) is 0 Å². The van der Waals surface area contributed by atoms with E-state index in [1.165, 1.54) is 0 Å². The summed E-state index contributed by atoms with van der Waals surface area (Å²) in [6.07, 6.45) is 0.139. The minimum absolute atomic E-state index is 0.0285. The molecule has 2 N–H and O–H groups in total. The smallest absolute Gasteiger partial charge is 0.0828 e. The maximum absolute atomic E-state index is 8.38. The van der Waals surface area contributed by atoms with Gasteiger partial charge in [0, 0.05) is 6.61 Å². The first-order valence-corrected chi connectivity index (χ1v) is 2.47. The molecule has 0 aliphatic heterocycles. The van der Waals surface area contributed by atoms with E-state index in [9.17, 15) is 0 Å². The van der Waals surface area contributed by atoms with Crippen molar-refractivity contribution in [1.29, 1.82) is 0 Å². The Balaban J connectivity index is 3.07. The van der Waals surface area contributed by atoms with Crippen LogP contribution in [0.1, 0.15) is 6.42 Å². The van der Waals surface area contributed by atoms with Crippen molar-refractivity contribution in [3.63, 3.8) is 0 Å². The third-order valence-corrected chi connectivity index (χ3v) is 0.890. The number of hydrogen-bond donors (Lipinski definition) is 2. The van der Waals surface area contributed by atoms with E-state index in [4.69, 9.17) is 10.2 Å². The molecule has 8 heavy (non-hydrogen) atoms. The van der Waals surface area contributed by atoms with Crippen LogP contribution in [0.3, 0.4) is 0 Å². The first-order chi connectivity index (χ1) is 3.85. The Morgan fingerprint density at radius 2 is 2.12 bits per heavy atom. The molecular weight excluding hydrogens is 108 g/mol. The van der Waals surface area contributed by atoms with E-state index in [0.717, 1.165) is 0 Å². The summed E-state index contributed by atoms with van der Waals surface area (Å²) in [5.74, 6) is 0. The number of ether oxygens (including phenoxy) is 1. The van der Waals surface area contributed by atoms with E-state index in [-0.39, 0.29) is 19.3 Å². The van der Waals surface area contributed by atoms with E-state index in [1.54, 1.807) is 0 Å². The van der Waals surface area contributed by atoms with E-state index in [1.807, 2.05) is 0 Å². The molecule has 0 saturated heterocycles. The monoisotopic (exact) mass is 119 g/mol. The van der Waals surface area contributed by atoms with Crippen LogP contribution in [0.25, 0.3) is 0 Å². The van der Waals surface area contributed by atoms with Crippen molar-refractivity contribution in [2.75, 3.05) is 13.2 Å². The molecule has 0 heterocycles. The predicted octanol–water partition coefficient (Wildman–Crippen LogP) is -0.462. The minimum Gasteiger partial charge on any atom is -0.396 e. The summed E-state index contributed by atoms with van der Waals surface area (Å²) in [6, 6.07) is 0. The third kappa shape index (κ3) is 2.96. The lowest BCUT2D eigenvalue weighted by Crippen LogP contribution is -2.15. The van der Waals surface area contributed by atoms with E-state index < -0.39 is 0 Å². The molecular formula is C5H11O3. The Bertz CT molecular complexity index is 42.9. The van der Waals surface area contributed by atoms with Gasteiger partial charge < -0.3 is 14.9 Å². The topological polar surface area (TPSA) is 49.7 Å². The van der Waals surface area contributed by atoms with Crippen molar-refractivity contribution in [1.82, 2.24) is 0 Å². The molecule has 0 aliphatic rings. The molecule has 3 heteroatoms. The summed E-state index contributed by atoms with van der Waals surface area (Å²) in [6.45, 7) is -0.0508. The van der Waals surface area contributed by atoms with Crippen molar-refractivity contribution in [2.45, 2.75) is 12.5 Å². The molecule has 3 nitrogen and oxygen atoms in total. The van der Waals surface area contributed by atoms with Gasteiger partial charge in [0.25, 0.3) is 0 Å². The predicted molar refractivity (Wildman–Crippen MR) is 29.0 cm³/mol. The van der Waals surface area contributed by atoms with Crippen LogP contribution < -0.4 is 0 Å². The quantitative estimate of drug-likeness (QED) is 0.526. The molecule has 0 fully saturated rings. The second-order valence-electron chi connectivity index (χ2n) is 1.48. The maximum atomic E-state index is 8.38. The molecule has 49 valence electrons. The van der Waals surface area contributed by atoms with Crippen LogP contribution in [-0.2, 0) is 4.74 Å². The minimum atomic E-state index is -0.306. The van der Waals surface area contributed by atoms with E-state index in [0.29, 0.717) is 6.42 Å². The van der Waals surface area contributed by atoms with Crippen molar-refractivity contribution in [3.8, 4) is 0 Å². The molecule has 1 atom stereocenters. The molecule has 0 aromatic rings. The first kappa shape index (κ1) is 7.88. The van der Waals surface area contributed by atoms with Gasteiger partial charge in [-0.1, -0.05) is 0 Å². The summed E-state index contributed by atoms with van der Waals surface area (Å²) >= 11 is 0. The highest BCUT2D eigenvalue weighted by Gasteiger charge is 2.01. The molecule has 0 spiro atoms. The molecule has 0 aromatic heterocycles. The summed E-state index contributed by atoms with van der Waals surface area (Å²) in [5, 5.41) is 16.7. The van der Waals surface area contributed by atoms with Crippen molar-refractivity contribution in [3.05, 3.63) is 7.11 Å². The second kappa shape index (κ2) is 5.03. The Labute approximate surface area is 48.9 Å². The lowest BCUT2D eigenvalue weighted by molar-refractivity contribution is 0.0533. The summed E-state index contributed by atoms with van der Waals surface area (Å²) in [5.41, 5.74) is 0. The number of rotatable bonds is 4. The van der Waals surface area contributed by atoms with Crippen LogP contribution in [0.15, 0.2) is 0 Å². The van der Waals surface area contributed by atoms with Gasteiger partial charge in [0.1, 0.15) is 0 Å². The van der Waals surface area contributed by atoms with Crippen molar-refractivity contribution >= 4 is 0 Å². The largest absolute Gasteiger partial charge is 0.396 e. The highest BCUT2D eigenvalue weighted by molar-refractivity contribution is 4.52. The molecule has 0 amide bonds. The summed E-state index contributed by atoms with van der Waals surface area (Å²) < 4.78 is 4.48. The highest BCUT2D eigenvalue weighted by atomic mass is 16.5. The summed E-state index contributed by atoms with van der Waals surface area (Å²) in [4.78, 5) is 0. The molecule has 0 aliphatic carbocycles. The molecule has 0 aromatic carbocycles. The van der Waals surface area contributed by atoms with E-state index >= 15 is 0 Å². The van der Waals surface area contributed by atoms with Gasteiger partial charge in [-0.15, -0.1) is 0 Å². The lowest BCUT2D eigenvalue weighted by Gasteiger charge is -2.07. The Morgan fingerprint density at radius 3 is 2.25 bits per heavy atom. The van der Waals surface area contributed by atoms with Crippen LogP contribution >= 0.6 is 0 Å². The van der Waals surface area contributed by atoms with Gasteiger partial charge in [-0.2, -0.15) is 0 Å². The highest BCUT2D eigenvalue weighted by Crippen LogP contribution is 1.93. The van der Waals surface area contributed by atoms with Crippen LogP contribution in [0.2, 0.25) is 0 Å². The van der Waals surface area contributed by atoms with Crippen LogP contribution in [0, 0.1) is 7.11 Å². The second-order valence-corrected chi connectivity index (χ2v) is 1.48. The fourth-order valence-electron chi connectivity index (χ4n) is 0.371. The maximum Gasteiger partial charge on any atom is 0.0828 e. The van der Waals surface area contributed by atoms with Crippen LogP contribution in [0.4, 0.5) is 0 Å². The third-order valence-electron chi connectivity index (χ3n) is 0.890. The zero-order valence-corrected chi connectivity index (χ0v) is 4.71. The van der Waals surface area contributed by atoms with Gasteiger partial charge in [-0.25, -0.2) is 0 Å². The zero-order valence-electron chi connectivity index (χ0n) is 4.71. The van der Waals surface area contributed by atoms with Crippen LogP contribution in [-0.4, -0.2) is 29.5 Å².